The molecule has 0 spiro atoms. The first-order chi connectivity index (χ1) is 11.2. The predicted molar refractivity (Wildman–Crippen MR) is 88.7 cm³/mol. The lowest BCUT2D eigenvalue weighted by molar-refractivity contribution is 0.173. The molecule has 0 amide bonds. The van der Waals surface area contributed by atoms with E-state index in [0.29, 0.717) is 12.8 Å². The topological polar surface area (TPSA) is 30.9 Å². The molecular formula is C19H23NO3. The number of fused-ring (bicyclic) bond motifs is 4. The van der Waals surface area contributed by atoms with Crippen LogP contribution in [0.3, 0.4) is 0 Å². The quantitative estimate of drug-likeness (QED) is 0.781. The summed E-state index contributed by atoms with van der Waals surface area (Å²) in [5, 5.41) is 0. The number of allylic oxidation sites excluding steroid dienone is 2. The van der Waals surface area contributed by atoms with Crippen LogP contribution in [0.15, 0.2) is 35.1 Å². The van der Waals surface area contributed by atoms with Crippen LogP contribution in [0, 0.1) is 0 Å². The third-order valence-corrected chi connectivity index (χ3v) is 5.20. The van der Waals surface area contributed by atoms with Crippen molar-refractivity contribution in [2.75, 3.05) is 27.0 Å². The Hall–Kier alpha value is -1.94. The summed E-state index contributed by atoms with van der Waals surface area (Å²) in [6.45, 7) is 6.72. The van der Waals surface area contributed by atoms with Crippen molar-refractivity contribution in [1.29, 1.82) is 0 Å². The molecule has 3 aliphatic heterocycles. The van der Waals surface area contributed by atoms with Crippen LogP contribution in [0.5, 0.6) is 11.5 Å². The van der Waals surface area contributed by atoms with Gasteiger partial charge in [0.1, 0.15) is 0 Å². The van der Waals surface area contributed by atoms with E-state index in [1.807, 2.05) is 6.92 Å². The van der Waals surface area contributed by atoms with E-state index in [0.717, 1.165) is 43.2 Å². The Bertz CT molecular complexity index is 705. The van der Waals surface area contributed by atoms with Crippen LogP contribution in [0.2, 0.25) is 0 Å². The van der Waals surface area contributed by atoms with E-state index in [-0.39, 0.29) is 0 Å². The summed E-state index contributed by atoms with van der Waals surface area (Å²) in [5.74, 6) is 2.76. The van der Waals surface area contributed by atoms with E-state index in [4.69, 9.17) is 14.2 Å². The van der Waals surface area contributed by atoms with E-state index in [9.17, 15) is 0 Å². The summed E-state index contributed by atoms with van der Waals surface area (Å²) in [7, 11) is 1.73. The summed E-state index contributed by atoms with van der Waals surface area (Å²) in [6, 6.07) is 4.79. The van der Waals surface area contributed by atoms with Crippen molar-refractivity contribution >= 4 is 0 Å². The molecule has 4 heteroatoms. The van der Waals surface area contributed by atoms with Gasteiger partial charge in [-0.15, -0.1) is 0 Å². The number of benzene rings is 1. The van der Waals surface area contributed by atoms with Gasteiger partial charge in [0.15, 0.2) is 11.5 Å². The SMILES string of the molecule is CO/C(C)=C/C1=C(C)CN2CCc3cc4c(cc3C2C1)OCO4. The second kappa shape index (κ2) is 5.60. The van der Waals surface area contributed by atoms with Gasteiger partial charge in [-0.05, 0) is 61.6 Å². The van der Waals surface area contributed by atoms with Crippen LogP contribution in [0.1, 0.15) is 37.4 Å². The van der Waals surface area contributed by atoms with Crippen molar-refractivity contribution in [2.24, 2.45) is 0 Å². The summed E-state index contributed by atoms with van der Waals surface area (Å²) in [6.07, 6.45) is 4.30. The molecule has 0 radical (unpaired) electrons. The number of rotatable bonds is 2. The highest BCUT2D eigenvalue weighted by Gasteiger charge is 2.33. The zero-order valence-corrected chi connectivity index (χ0v) is 14.0. The van der Waals surface area contributed by atoms with Crippen LogP contribution in [0.4, 0.5) is 0 Å². The molecule has 0 aliphatic carbocycles. The second-order valence-corrected chi connectivity index (χ2v) is 6.61. The van der Waals surface area contributed by atoms with Gasteiger partial charge >= 0.3 is 0 Å². The van der Waals surface area contributed by atoms with Crippen LogP contribution in [-0.4, -0.2) is 31.9 Å². The minimum atomic E-state index is 0.340. The van der Waals surface area contributed by atoms with E-state index in [1.165, 1.54) is 22.3 Å². The van der Waals surface area contributed by atoms with E-state index >= 15 is 0 Å². The van der Waals surface area contributed by atoms with Crippen molar-refractivity contribution in [3.63, 3.8) is 0 Å². The fourth-order valence-electron chi connectivity index (χ4n) is 3.85. The third kappa shape index (κ3) is 2.51. The van der Waals surface area contributed by atoms with Crippen LogP contribution in [-0.2, 0) is 11.2 Å². The number of hydrogen-bond donors (Lipinski definition) is 0. The molecule has 0 N–H and O–H groups in total. The maximum Gasteiger partial charge on any atom is 0.231 e. The molecule has 1 atom stereocenters. The van der Waals surface area contributed by atoms with E-state index in [1.54, 1.807) is 7.11 Å². The smallest absolute Gasteiger partial charge is 0.231 e. The molecule has 0 bridgehead atoms. The highest BCUT2D eigenvalue weighted by molar-refractivity contribution is 5.51. The van der Waals surface area contributed by atoms with E-state index in [2.05, 4.69) is 30.0 Å². The summed E-state index contributed by atoms with van der Waals surface area (Å²) >= 11 is 0. The molecule has 3 heterocycles. The lowest BCUT2D eigenvalue weighted by Crippen LogP contribution is -2.39. The molecular weight excluding hydrogens is 290 g/mol. The van der Waals surface area contributed by atoms with Gasteiger partial charge in [0.05, 0.1) is 12.9 Å². The minimum Gasteiger partial charge on any atom is -0.501 e. The fraction of sp³-hybridized carbons (Fsp3) is 0.474. The zero-order valence-electron chi connectivity index (χ0n) is 14.0. The fourth-order valence-corrected chi connectivity index (χ4v) is 3.85. The largest absolute Gasteiger partial charge is 0.501 e. The normalized spacial score (nSPS) is 23.6. The molecule has 0 fully saturated rings. The Morgan fingerprint density at radius 1 is 1.30 bits per heavy atom. The highest BCUT2D eigenvalue weighted by Crippen LogP contribution is 2.44. The van der Waals surface area contributed by atoms with Gasteiger partial charge in [-0.1, -0.05) is 5.57 Å². The van der Waals surface area contributed by atoms with Gasteiger partial charge in [0.2, 0.25) is 6.79 Å². The molecule has 0 aromatic heterocycles. The number of ether oxygens (including phenoxy) is 3. The first-order valence-electron chi connectivity index (χ1n) is 8.23. The summed E-state index contributed by atoms with van der Waals surface area (Å²) in [5.41, 5.74) is 5.65. The van der Waals surface area contributed by atoms with Crippen molar-refractivity contribution in [3.8, 4) is 11.5 Å². The van der Waals surface area contributed by atoms with Crippen molar-refractivity contribution in [3.05, 3.63) is 46.2 Å². The lowest BCUT2D eigenvalue weighted by atomic mass is 9.84. The minimum absolute atomic E-state index is 0.340. The number of hydrogen-bond acceptors (Lipinski definition) is 4. The van der Waals surface area contributed by atoms with Crippen LogP contribution in [0.25, 0.3) is 0 Å². The molecule has 3 aliphatic rings. The van der Waals surface area contributed by atoms with Crippen molar-refractivity contribution in [1.82, 2.24) is 4.90 Å². The molecule has 1 aromatic rings. The third-order valence-electron chi connectivity index (χ3n) is 5.20. The van der Waals surface area contributed by atoms with Crippen molar-refractivity contribution < 1.29 is 14.2 Å². The first kappa shape index (κ1) is 14.6. The first-order valence-corrected chi connectivity index (χ1v) is 8.23. The van der Waals surface area contributed by atoms with Gasteiger partial charge in [-0.3, -0.25) is 4.90 Å². The van der Waals surface area contributed by atoms with E-state index < -0.39 is 0 Å². The molecule has 0 saturated carbocycles. The van der Waals surface area contributed by atoms with Gasteiger partial charge in [-0.2, -0.15) is 0 Å². The molecule has 4 nitrogen and oxygen atoms in total. The van der Waals surface area contributed by atoms with Crippen LogP contribution >= 0.6 is 0 Å². The zero-order chi connectivity index (χ0) is 16.0. The molecule has 122 valence electrons. The van der Waals surface area contributed by atoms with Gasteiger partial charge in [0.25, 0.3) is 0 Å². The molecule has 1 aromatic carbocycles. The maximum atomic E-state index is 5.59. The van der Waals surface area contributed by atoms with Gasteiger partial charge in [-0.25, -0.2) is 0 Å². The average Bonchev–Trinajstić information content (AvgIpc) is 3.01. The number of nitrogens with zero attached hydrogens (tertiary/aromatic N) is 1. The van der Waals surface area contributed by atoms with Gasteiger partial charge < -0.3 is 14.2 Å². The molecule has 1 unspecified atom stereocenters. The summed E-state index contributed by atoms with van der Waals surface area (Å²) < 4.78 is 16.5. The van der Waals surface area contributed by atoms with Crippen LogP contribution < -0.4 is 9.47 Å². The Morgan fingerprint density at radius 3 is 2.87 bits per heavy atom. The Balaban J connectivity index is 1.70. The summed E-state index contributed by atoms with van der Waals surface area (Å²) in [4.78, 5) is 2.58. The molecule has 23 heavy (non-hydrogen) atoms. The Labute approximate surface area is 137 Å². The predicted octanol–water partition coefficient (Wildman–Crippen LogP) is 3.58. The average molecular weight is 313 g/mol. The molecule has 4 rings (SSSR count). The highest BCUT2D eigenvalue weighted by atomic mass is 16.7. The second-order valence-electron chi connectivity index (χ2n) is 6.61. The monoisotopic (exact) mass is 313 g/mol. The maximum absolute atomic E-state index is 5.59. The van der Waals surface area contributed by atoms with Crippen molar-refractivity contribution in [2.45, 2.75) is 32.7 Å². The standard InChI is InChI=1S/C19H23NO3/c1-12-10-20-5-4-14-8-18-19(23-11-22-18)9-16(14)17(20)7-15(12)6-13(2)21-3/h6,8-9,17H,4-5,7,10-11H2,1-3H3/b13-6+. The molecule has 0 saturated heterocycles. The Morgan fingerprint density at radius 2 is 2.09 bits per heavy atom. The Kier molecular flexibility index (Phi) is 3.57. The lowest BCUT2D eigenvalue weighted by Gasteiger charge is -2.41. The van der Waals surface area contributed by atoms with Gasteiger partial charge in [0, 0.05) is 19.1 Å². The number of methoxy groups -OCH3 is 1.